The summed E-state index contributed by atoms with van der Waals surface area (Å²) in [6.45, 7) is 1.99. The number of rotatable bonds is 1. The normalized spacial score (nSPS) is 15.0. The fraction of sp³-hybridized carbons (Fsp3) is 1.00. The summed E-state index contributed by atoms with van der Waals surface area (Å²) in [7, 11) is 1.69. The summed E-state index contributed by atoms with van der Waals surface area (Å²) in [4.78, 5) is 0. The van der Waals surface area contributed by atoms with Crippen molar-refractivity contribution in [1.82, 2.24) is 0 Å². The van der Waals surface area contributed by atoms with Gasteiger partial charge in [0.15, 0.2) is 0 Å². The largest absolute Gasteiger partial charge is 0.371 e. The maximum Gasteiger partial charge on any atom is 0.105 e. The molecule has 0 aromatic carbocycles. The van der Waals surface area contributed by atoms with E-state index in [-0.39, 0.29) is 0 Å². The minimum absolute atomic E-state index is 0.354. The zero-order valence-electron chi connectivity index (χ0n) is 3.36. The molecule has 0 heterocycles. The van der Waals surface area contributed by atoms with Crippen LogP contribution in [0.3, 0.4) is 0 Å². The van der Waals surface area contributed by atoms with E-state index in [0.717, 1.165) is 0 Å². The molecule has 32 valence electrons. The number of alkyl halides is 1. The molecule has 0 aromatic rings. The van der Waals surface area contributed by atoms with Crippen LogP contribution in [-0.4, -0.2) is 11.2 Å². The van der Waals surface area contributed by atoms with Gasteiger partial charge in [-0.15, -0.1) is 0 Å². The van der Waals surface area contributed by atoms with Gasteiger partial charge in [-0.05, 0) is 6.92 Å². The van der Waals surface area contributed by atoms with Crippen LogP contribution in [0.25, 0.3) is 0 Å². The quantitative estimate of drug-likeness (QED) is 0.444. The van der Waals surface area contributed by atoms with E-state index in [1.54, 1.807) is 7.11 Å². The Balaban J connectivity index is 2.54. The van der Waals surface area contributed by atoms with Crippen LogP contribution in [0.1, 0.15) is 6.92 Å². The van der Waals surface area contributed by atoms with E-state index in [2.05, 4.69) is 22.6 Å². The molecule has 0 aliphatic carbocycles. The van der Waals surface area contributed by atoms with Gasteiger partial charge in [0, 0.05) is 7.11 Å². The third-order valence-electron chi connectivity index (χ3n) is 0.325. The summed E-state index contributed by atoms with van der Waals surface area (Å²) in [6, 6.07) is 0. The van der Waals surface area contributed by atoms with Crippen molar-refractivity contribution in [2.75, 3.05) is 7.11 Å². The van der Waals surface area contributed by atoms with Crippen molar-refractivity contribution in [1.29, 1.82) is 0 Å². The Morgan fingerprint density at radius 1 is 1.80 bits per heavy atom. The molecule has 0 saturated heterocycles. The molecule has 1 nitrogen and oxygen atoms in total. The van der Waals surface area contributed by atoms with Crippen molar-refractivity contribution in [3.8, 4) is 0 Å². The lowest BCUT2D eigenvalue weighted by atomic mass is 10.9. The average molecular weight is 186 g/mol. The molecule has 0 saturated carbocycles. The molecule has 2 heteroatoms. The monoisotopic (exact) mass is 186 g/mol. The standard InChI is InChI=1S/C3H7IO/c1-3(4)5-2/h3H,1-2H3. The van der Waals surface area contributed by atoms with E-state index in [1.165, 1.54) is 0 Å². The molecule has 0 spiro atoms. The van der Waals surface area contributed by atoms with Crippen LogP contribution < -0.4 is 0 Å². The molecule has 1 unspecified atom stereocenters. The number of halogens is 1. The minimum atomic E-state index is 0.354. The maximum absolute atomic E-state index is 4.74. The zero-order chi connectivity index (χ0) is 4.28. The molecule has 1 atom stereocenters. The topological polar surface area (TPSA) is 9.23 Å². The molecule has 0 aromatic heterocycles. The smallest absolute Gasteiger partial charge is 0.105 e. The second-order valence-corrected chi connectivity index (χ2v) is 2.53. The van der Waals surface area contributed by atoms with Gasteiger partial charge in [0.2, 0.25) is 0 Å². The van der Waals surface area contributed by atoms with E-state index in [4.69, 9.17) is 4.74 Å². The van der Waals surface area contributed by atoms with Gasteiger partial charge in [0.25, 0.3) is 0 Å². The number of hydrogen-bond donors (Lipinski definition) is 0. The first-order valence-corrected chi connectivity index (χ1v) is 2.69. The first-order chi connectivity index (χ1) is 2.27. The Hall–Kier alpha value is 0.690. The zero-order valence-corrected chi connectivity index (χ0v) is 5.52. The molecule has 0 fully saturated rings. The lowest BCUT2D eigenvalue weighted by Crippen LogP contribution is -1.88. The molecule has 0 N–H and O–H groups in total. The van der Waals surface area contributed by atoms with Gasteiger partial charge < -0.3 is 4.74 Å². The van der Waals surface area contributed by atoms with Crippen molar-refractivity contribution < 1.29 is 4.74 Å². The van der Waals surface area contributed by atoms with Crippen molar-refractivity contribution in [2.24, 2.45) is 0 Å². The highest BCUT2D eigenvalue weighted by molar-refractivity contribution is 14.1. The van der Waals surface area contributed by atoms with Crippen LogP contribution in [0.2, 0.25) is 0 Å². The minimum Gasteiger partial charge on any atom is -0.371 e. The van der Waals surface area contributed by atoms with E-state index in [1.807, 2.05) is 6.92 Å². The van der Waals surface area contributed by atoms with Crippen LogP contribution in [0.15, 0.2) is 0 Å². The lowest BCUT2D eigenvalue weighted by molar-refractivity contribution is 0.200. The first-order valence-electron chi connectivity index (χ1n) is 1.44. The fourth-order valence-corrected chi connectivity index (χ4v) is 0. The molecule has 0 amide bonds. The Kier molecular flexibility index (Phi) is 3.30. The highest BCUT2D eigenvalue weighted by atomic mass is 127. The van der Waals surface area contributed by atoms with E-state index in [0.29, 0.717) is 4.11 Å². The summed E-state index contributed by atoms with van der Waals surface area (Å²) in [5, 5.41) is 0. The van der Waals surface area contributed by atoms with Gasteiger partial charge >= 0.3 is 0 Å². The van der Waals surface area contributed by atoms with Crippen LogP contribution >= 0.6 is 22.6 Å². The average Bonchev–Trinajstić information content (AvgIpc) is 1.38. The number of methoxy groups -OCH3 is 1. The SMILES string of the molecule is COC(C)I. The second kappa shape index (κ2) is 2.90. The molecule has 0 aliphatic heterocycles. The van der Waals surface area contributed by atoms with Gasteiger partial charge in [-0.3, -0.25) is 0 Å². The maximum atomic E-state index is 4.74. The molecule has 0 rings (SSSR count). The summed E-state index contributed by atoms with van der Waals surface area (Å²) >= 11 is 2.18. The third kappa shape index (κ3) is 4.69. The van der Waals surface area contributed by atoms with E-state index < -0.39 is 0 Å². The second-order valence-electron chi connectivity index (χ2n) is 0.779. The van der Waals surface area contributed by atoms with Crippen molar-refractivity contribution >= 4 is 22.6 Å². The van der Waals surface area contributed by atoms with Gasteiger partial charge in [0.1, 0.15) is 4.11 Å². The van der Waals surface area contributed by atoms with Crippen molar-refractivity contribution in [3.63, 3.8) is 0 Å². The van der Waals surface area contributed by atoms with Crippen LogP contribution in [0.4, 0.5) is 0 Å². The van der Waals surface area contributed by atoms with Gasteiger partial charge in [-0.2, -0.15) is 0 Å². The Labute approximate surface area is 45.8 Å². The summed E-state index contributed by atoms with van der Waals surface area (Å²) in [5.74, 6) is 0. The van der Waals surface area contributed by atoms with Crippen molar-refractivity contribution in [2.45, 2.75) is 11.0 Å². The fourth-order valence-electron chi connectivity index (χ4n) is 0. The van der Waals surface area contributed by atoms with Gasteiger partial charge in [-0.1, -0.05) is 22.6 Å². The Bertz CT molecular complexity index is 20.9. The number of ether oxygens (including phenoxy) is 1. The summed E-state index contributed by atoms with van der Waals surface area (Å²) in [6.07, 6.45) is 0. The Morgan fingerprint density at radius 3 is 2.00 bits per heavy atom. The van der Waals surface area contributed by atoms with E-state index >= 15 is 0 Å². The molecular weight excluding hydrogens is 179 g/mol. The molecule has 0 bridgehead atoms. The predicted octanol–water partition coefficient (Wildman–Crippen LogP) is 1.41. The number of hydrogen-bond acceptors (Lipinski definition) is 1. The van der Waals surface area contributed by atoms with Crippen LogP contribution in [-0.2, 0) is 4.74 Å². The van der Waals surface area contributed by atoms with Gasteiger partial charge in [-0.25, -0.2) is 0 Å². The van der Waals surface area contributed by atoms with E-state index in [9.17, 15) is 0 Å². The van der Waals surface area contributed by atoms with Gasteiger partial charge in [0.05, 0.1) is 0 Å². The summed E-state index contributed by atoms with van der Waals surface area (Å²) < 4.78 is 5.09. The van der Waals surface area contributed by atoms with Crippen molar-refractivity contribution in [3.05, 3.63) is 0 Å². The Morgan fingerprint density at radius 2 is 2.00 bits per heavy atom. The highest BCUT2D eigenvalue weighted by Gasteiger charge is 1.81. The predicted molar refractivity (Wildman–Crippen MR) is 30.5 cm³/mol. The first kappa shape index (κ1) is 5.69. The molecule has 0 aliphatic rings. The van der Waals surface area contributed by atoms with Crippen LogP contribution in [0, 0.1) is 0 Å². The highest BCUT2D eigenvalue weighted by Crippen LogP contribution is 1.94. The van der Waals surface area contributed by atoms with Crippen LogP contribution in [0.5, 0.6) is 0 Å². The summed E-state index contributed by atoms with van der Waals surface area (Å²) in [5.41, 5.74) is 0. The third-order valence-corrected chi connectivity index (χ3v) is 0.833. The molecule has 5 heavy (non-hydrogen) atoms. The molecule has 0 radical (unpaired) electrons. The lowest BCUT2D eigenvalue weighted by Gasteiger charge is -1.92. The molecular formula is C3H7IO.